The number of aromatic nitrogens is 1. The van der Waals surface area contributed by atoms with E-state index in [-0.39, 0.29) is 20.1 Å². The number of benzene rings is 4. The molecule has 0 unspecified atom stereocenters. The maximum Gasteiger partial charge on any atom is 0.213 e. The molecule has 3 nitrogen and oxygen atoms in total. The van der Waals surface area contributed by atoms with Crippen molar-refractivity contribution in [1.82, 2.24) is 4.57 Å². The average molecular weight is 565 g/mol. The first-order valence-corrected chi connectivity index (χ1v) is 9.74. The quantitative estimate of drug-likeness (QED) is 0.204. The predicted molar refractivity (Wildman–Crippen MR) is 121 cm³/mol. The molecule has 2 heterocycles. The van der Waals surface area contributed by atoms with Crippen LogP contribution < -0.4 is 4.90 Å². The molecular formula is C26H18IrN3-. The van der Waals surface area contributed by atoms with Gasteiger partial charge in [-0.15, -0.1) is 5.39 Å². The molecule has 0 saturated heterocycles. The Hall–Kier alpha value is -3.20. The average Bonchev–Trinajstić information content (AvgIpc) is 3.05. The van der Waals surface area contributed by atoms with Gasteiger partial charge in [0.15, 0.2) is 0 Å². The van der Waals surface area contributed by atoms with Gasteiger partial charge in [-0.05, 0) is 23.6 Å². The van der Waals surface area contributed by atoms with E-state index >= 15 is 0 Å². The van der Waals surface area contributed by atoms with Crippen LogP contribution in [0.4, 0.5) is 11.4 Å². The van der Waals surface area contributed by atoms with Gasteiger partial charge in [0, 0.05) is 43.8 Å². The zero-order chi connectivity index (χ0) is 19.4. The van der Waals surface area contributed by atoms with E-state index in [0.29, 0.717) is 0 Å². The normalized spacial score (nSPS) is 12.7. The second-order valence-electron chi connectivity index (χ2n) is 7.29. The van der Waals surface area contributed by atoms with Gasteiger partial charge in [0.05, 0.1) is 11.4 Å². The maximum atomic E-state index is 5.16. The Morgan fingerprint density at radius 3 is 2.33 bits per heavy atom. The Morgan fingerprint density at radius 1 is 0.733 bits per heavy atom. The summed E-state index contributed by atoms with van der Waals surface area (Å²) in [5.74, 6) is 0.871. The summed E-state index contributed by atoms with van der Waals surface area (Å²) >= 11 is 0. The number of hydrogen-bond acceptors (Lipinski definition) is 2. The van der Waals surface area contributed by atoms with Crippen LogP contribution in [0.3, 0.4) is 0 Å². The summed E-state index contributed by atoms with van der Waals surface area (Å²) in [6.07, 6.45) is 0. The van der Waals surface area contributed by atoms with Crippen LogP contribution in [0.2, 0.25) is 0 Å². The Labute approximate surface area is 188 Å². The van der Waals surface area contributed by atoms with Crippen molar-refractivity contribution in [1.29, 1.82) is 0 Å². The molecule has 0 amide bonds. The summed E-state index contributed by atoms with van der Waals surface area (Å²) in [6.45, 7) is 0. The fraction of sp³-hybridized carbons (Fsp3) is 0.0385. The standard InChI is InChI=1S/C26H18N3.Ir/c1-28-23-15-7-3-11-19(23)18-10-2-6-14-22(18)27-26(28)29-24-16-8-4-12-20(24)21-13-5-9-17-25(21)29;/h2-16H,1H3;/q-1;. The molecule has 4 heteroatoms. The van der Waals surface area contributed by atoms with Gasteiger partial charge in [-0.3, -0.25) is 0 Å². The SMILES string of the molecule is CN1C(n2c3[c-]cccc3c3ccccc32)=Nc2ccccc2-c2ccccc21.[Ir]. The first-order valence-electron chi connectivity index (χ1n) is 9.74. The van der Waals surface area contributed by atoms with Crippen LogP contribution in [0, 0.1) is 6.07 Å². The topological polar surface area (TPSA) is 20.5 Å². The Balaban J connectivity index is 0.00000193. The monoisotopic (exact) mass is 565 g/mol. The Kier molecular flexibility index (Phi) is 4.54. The summed E-state index contributed by atoms with van der Waals surface area (Å²) in [5, 5.41) is 2.39. The van der Waals surface area contributed by atoms with Crippen LogP contribution in [0.15, 0.2) is 96.0 Å². The summed E-state index contributed by atoms with van der Waals surface area (Å²) in [4.78, 5) is 7.35. The van der Waals surface area contributed by atoms with Crippen LogP contribution in [0.5, 0.6) is 0 Å². The first-order chi connectivity index (χ1) is 14.3. The number of anilines is 1. The molecule has 1 aliphatic heterocycles. The van der Waals surface area contributed by atoms with E-state index in [1.807, 2.05) is 18.2 Å². The van der Waals surface area contributed by atoms with Crippen molar-refractivity contribution in [3.8, 4) is 11.1 Å². The number of fused-ring (bicyclic) bond motifs is 6. The maximum absolute atomic E-state index is 5.16. The molecule has 0 aliphatic carbocycles. The molecule has 1 radical (unpaired) electrons. The molecule has 147 valence electrons. The number of hydrogen-bond donors (Lipinski definition) is 0. The van der Waals surface area contributed by atoms with Gasteiger partial charge in [-0.25, -0.2) is 4.99 Å². The summed E-state index contributed by atoms with van der Waals surface area (Å²) < 4.78 is 2.23. The molecule has 1 aliphatic rings. The molecule has 30 heavy (non-hydrogen) atoms. The molecule has 0 fully saturated rings. The molecule has 0 spiro atoms. The zero-order valence-electron chi connectivity index (χ0n) is 16.3. The second-order valence-corrected chi connectivity index (χ2v) is 7.29. The third-order valence-electron chi connectivity index (χ3n) is 5.67. The minimum atomic E-state index is 0. The molecule has 0 saturated carbocycles. The summed E-state index contributed by atoms with van der Waals surface area (Å²) in [5.41, 5.74) is 6.62. The smallest absolute Gasteiger partial charge is 0.213 e. The van der Waals surface area contributed by atoms with Crippen molar-refractivity contribution >= 4 is 39.1 Å². The molecule has 6 rings (SSSR count). The van der Waals surface area contributed by atoms with Gasteiger partial charge in [-0.1, -0.05) is 60.1 Å². The van der Waals surface area contributed by atoms with Crippen molar-refractivity contribution in [2.75, 3.05) is 11.9 Å². The number of aliphatic imine (C=N–C) groups is 1. The molecule has 4 aromatic carbocycles. The predicted octanol–water partition coefficient (Wildman–Crippen LogP) is 6.24. The molecule has 0 atom stereocenters. The Morgan fingerprint density at radius 2 is 1.43 bits per heavy atom. The number of rotatable bonds is 0. The van der Waals surface area contributed by atoms with Crippen LogP contribution >= 0.6 is 0 Å². The van der Waals surface area contributed by atoms with Crippen LogP contribution in [0.25, 0.3) is 32.9 Å². The summed E-state index contributed by atoms with van der Waals surface area (Å²) in [7, 11) is 2.09. The van der Waals surface area contributed by atoms with Gasteiger partial charge in [-0.2, -0.15) is 24.3 Å². The Bertz CT molecular complexity index is 1380. The van der Waals surface area contributed by atoms with Crippen LogP contribution in [0.1, 0.15) is 0 Å². The van der Waals surface area contributed by atoms with Crippen molar-refractivity contribution in [2.45, 2.75) is 0 Å². The van der Waals surface area contributed by atoms with Crippen LogP contribution in [-0.4, -0.2) is 17.6 Å². The minimum absolute atomic E-state index is 0. The number of para-hydroxylation sites is 4. The van der Waals surface area contributed by atoms with Gasteiger partial charge >= 0.3 is 0 Å². The van der Waals surface area contributed by atoms with Crippen LogP contribution in [-0.2, 0) is 20.1 Å². The van der Waals surface area contributed by atoms with Crippen molar-refractivity contribution in [3.63, 3.8) is 0 Å². The van der Waals surface area contributed by atoms with Gasteiger partial charge in [0.25, 0.3) is 0 Å². The first kappa shape index (κ1) is 18.8. The van der Waals surface area contributed by atoms with Crippen molar-refractivity contribution in [2.24, 2.45) is 4.99 Å². The van der Waals surface area contributed by atoms with E-state index in [4.69, 9.17) is 4.99 Å². The molecular weight excluding hydrogens is 547 g/mol. The van der Waals surface area contributed by atoms with Crippen molar-refractivity contribution in [3.05, 3.63) is 97.1 Å². The van der Waals surface area contributed by atoms with E-state index in [1.54, 1.807) is 0 Å². The minimum Gasteiger partial charge on any atom is -0.314 e. The van der Waals surface area contributed by atoms with E-state index in [0.717, 1.165) is 33.9 Å². The van der Waals surface area contributed by atoms with E-state index in [9.17, 15) is 0 Å². The van der Waals surface area contributed by atoms with Gasteiger partial charge < -0.3 is 9.47 Å². The van der Waals surface area contributed by atoms with E-state index < -0.39 is 0 Å². The van der Waals surface area contributed by atoms with E-state index in [1.165, 1.54) is 16.3 Å². The van der Waals surface area contributed by atoms with Gasteiger partial charge in [0.2, 0.25) is 5.96 Å². The fourth-order valence-electron chi connectivity index (χ4n) is 4.34. The molecule has 0 N–H and O–H groups in total. The zero-order valence-corrected chi connectivity index (χ0v) is 18.7. The third kappa shape index (κ3) is 2.65. The second kappa shape index (κ2) is 7.24. The van der Waals surface area contributed by atoms with E-state index in [2.05, 4.69) is 95.4 Å². The number of nitrogens with zero attached hydrogens (tertiary/aromatic N) is 3. The fourth-order valence-corrected chi connectivity index (χ4v) is 4.34. The van der Waals surface area contributed by atoms with Crippen molar-refractivity contribution < 1.29 is 20.1 Å². The summed E-state index contributed by atoms with van der Waals surface area (Å²) in [6, 6.07) is 35.0. The molecule has 5 aromatic rings. The molecule has 1 aromatic heterocycles. The largest absolute Gasteiger partial charge is 0.314 e. The van der Waals surface area contributed by atoms with Gasteiger partial charge in [0.1, 0.15) is 0 Å². The molecule has 0 bridgehead atoms. The third-order valence-corrected chi connectivity index (χ3v) is 5.67.